The molecule has 5 nitrogen and oxygen atoms in total. The van der Waals surface area contributed by atoms with E-state index in [1.165, 1.54) is 16.8 Å². The van der Waals surface area contributed by atoms with Crippen LogP contribution in [0.15, 0.2) is 30.5 Å². The van der Waals surface area contributed by atoms with Crippen molar-refractivity contribution in [2.45, 2.75) is 60.2 Å². The molecule has 1 atom stereocenters. The van der Waals surface area contributed by atoms with E-state index >= 15 is 0 Å². The van der Waals surface area contributed by atoms with Crippen molar-refractivity contribution in [2.75, 3.05) is 5.32 Å². The smallest absolute Gasteiger partial charge is 0.226 e. The Kier molecular flexibility index (Phi) is 6.37. The van der Waals surface area contributed by atoms with Gasteiger partial charge in [0.15, 0.2) is 0 Å². The van der Waals surface area contributed by atoms with E-state index in [2.05, 4.69) is 48.1 Å². The van der Waals surface area contributed by atoms with Gasteiger partial charge in [-0.15, -0.1) is 0 Å². The van der Waals surface area contributed by atoms with E-state index in [0.29, 0.717) is 6.04 Å². The Balaban J connectivity index is 1.94. The molecule has 0 saturated carbocycles. The largest absolute Gasteiger partial charge is 0.326 e. The minimum Gasteiger partial charge on any atom is -0.326 e. The molecule has 2 rings (SSSR count). The quantitative estimate of drug-likeness (QED) is 0.792. The van der Waals surface area contributed by atoms with Gasteiger partial charge in [-0.25, -0.2) is 0 Å². The van der Waals surface area contributed by atoms with Crippen LogP contribution < -0.4 is 10.6 Å². The summed E-state index contributed by atoms with van der Waals surface area (Å²) in [5, 5.41) is 10.9. The third-order valence-corrected chi connectivity index (χ3v) is 4.40. The number of rotatable bonds is 7. The number of benzene rings is 1. The van der Waals surface area contributed by atoms with E-state index < -0.39 is 0 Å². The van der Waals surface area contributed by atoms with E-state index in [4.69, 9.17) is 0 Å². The molecule has 0 aliphatic rings. The molecule has 2 N–H and O–H groups in total. The molecule has 1 heterocycles. The molecule has 0 saturated heterocycles. The first-order chi connectivity index (χ1) is 11.8. The van der Waals surface area contributed by atoms with Crippen molar-refractivity contribution in [2.24, 2.45) is 5.92 Å². The molecule has 1 amide bonds. The van der Waals surface area contributed by atoms with Gasteiger partial charge in [0.25, 0.3) is 0 Å². The summed E-state index contributed by atoms with van der Waals surface area (Å²) in [6, 6.07) is 8.58. The lowest BCUT2D eigenvalue weighted by Crippen LogP contribution is -2.19. The second kappa shape index (κ2) is 8.30. The van der Waals surface area contributed by atoms with Gasteiger partial charge >= 0.3 is 0 Å². The molecule has 0 bridgehead atoms. The molecule has 1 aromatic carbocycles. The molecule has 0 spiro atoms. The normalized spacial score (nSPS) is 12.6. The monoisotopic (exact) mass is 342 g/mol. The summed E-state index contributed by atoms with van der Waals surface area (Å²) in [6.07, 6.45) is 1.96. The Hall–Kier alpha value is -2.14. The van der Waals surface area contributed by atoms with Crippen LogP contribution in [0.3, 0.4) is 0 Å². The van der Waals surface area contributed by atoms with E-state index in [9.17, 15) is 4.79 Å². The number of carbonyl (C=O) groups excluding carboxylic acids is 1. The summed E-state index contributed by atoms with van der Waals surface area (Å²) in [4.78, 5) is 11.7. The van der Waals surface area contributed by atoms with Gasteiger partial charge in [-0.1, -0.05) is 26.0 Å². The van der Waals surface area contributed by atoms with Crippen molar-refractivity contribution < 1.29 is 4.79 Å². The fourth-order valence-electron chi connectivity index (χ4n) is 2.76. The van der Waals surface area contributed by atoms with Crippen LogP contribution >= 0.6 is 0 Å². The van der Waals surface area contributed by atoms with E-state index in [0.717, 1.165) is 12.2 Å². The first-order valence-corrected chi connectivity index (χ1v) is 8.96. The number of amides is 1. The average molecular weight is 342 g/mol. The summed E-state index contributed by atoms with van der Waals surface area (Å²) < 4.78 is 2.06. The molecule has 0 aliphatic heterocycles. The molecule has 1 unspecified atom stereocenters. The molecule has 0 aliphatic carbocycles. The maximum Gasteiger partial charge on any atom is 0.226 e. The van der Waals surface area contributed by atoms with Crippen molar-refractivity contribution >= 4 is 11.6 Å². The molecule has 136 valence electrons. The van der Waals surface area contributed by atoms with Crippen molar-refractivity contribution in [1.82, 2.24) is 15.1 Å². The fraction of sp³-hybridized carbons (Fsp3) is 0.500. The van der Waals surface area contributed by atoms with Crippen LogP contribution in [-0.2, 0) is 11.3 Å². The lowest BCUT2D eigenvalue weighted by atomic mass is 10.1. The SMILES string of the molecule is Cc1c(C(C)NCc2ccc(NC(=O)C(C)C)cc2)cnn1C(C)C. The van der Waals surface area contributed by atoms with Crippen molar-refractivity contribution in [1.29, 1.82) is 0 Å². The highest BCUT2D eigenvalue weighted by Crippen LogP contribution is 2.20. The van der Waals surface area contributed by atoms with Gasteiger partial charge in [0, 0.05) is 41.5 Å². The highest BCUT2D eigenvalue weighted by Gasteiger charge is 2.14. The van der Waals surface area contributed by atoms with Gasteiger partial charge in [0.2, 0.25) is 5.91 Å². The van der Waals surface area contributed by atoms with E-state index in [-0.39, 0.29) is 17.9 Å². The third-order valence-electron chi connectivity index (χ3n) is 4.40. The summed E-state index contributed by atoms with van der Waals surface area (Å²) in [5.41, 5.74) is 4.46. The van der Waals surface area contributed by atoms with E-state index in [1.807, 2.05) is 44.3 Å². The molecule has 0 fully saturated rings. The van der Waals surface area contributed by atoms with Crippen LogP contribution in [0.25, 0.3) is 0 Å². The number of nitrogens with zero attached hydrogens (tertiary/aromatic N) is 2. The van der Waals surface area contributed by atoms with E-state index in [1.54, 1.807) is 0 Å². The van der Waals surface area contributed by atoms with Crippen molar-refractivity contribution in [3.8, 4) is 0 Å². The Morgan fingerprint density at radius 1 is 1.12 bits per heavy atom. The highest BCUT2D eigenvalue weighted by molar-refractivity contribution is 5.92. The van der Waals surface area contributed by atoms with Gasteiger partial charge in [-0.2, -0.15) is 5.10 Å². The Morgan fingerprint density at radius 3 is 2.28 bits per heavy atom. The second-order valence-electron chi connectivity index (χ2n) is 7.17. The van der Waals surface area contributed by atoms with Gasteiger partial charge in [-0.3, -0.25) is 9.48 Å². The summed E-state index contributed by atoms with van der Waals surface area (Å²) in [7, 11) is 0. The first kappa shape index (κ1) is 19.2. The fourth-order valence-corrected chi connectivity index (χ4v) is 2.76. The molecular formula is C20H30N4O. The zero-order valence-electron chi connectivity index (χ0n) is 16.1. The number of anilines is 1. The van der Waals surface area contributed by atoms with Crippen LogP contribution in [0.5, 0.6) is 0 Å². The van der Waals surface area contributed by atoms with Gasteiger partial charge in [0.05, 0.1) is 6.20 Å². The van der Waals surface area contributed by atoms with Gasteiger partial charge in [-0.05, 0) is 45.4 Å². The zero-order chi connectivity index (χ0) is 18.6. The van der Waals surface area contributed by atoms with Gasteiger partial charge in [0.1, 0.15) is 0 Å². The molecule has 5 heteroatoms. The number of hydrogen-bond acceptors (Lipinski definition) is 3. The van der Waals surface area contributed by atoms with Crippen LogP contribution in [-0.4, -0.2) is 15.7 Å². The standard InChI is InChI=1S/C20H30N4O/c1-13(2)20(25)23-18-9-7-17(8-10-18)11-21-15(5)19-12-22-24(14(3)4)16(19)6/h7-10,12-15,21H,11H2,1-6H3,(H,23,25). The zero-order valence-corrected chi connectivity index (χ0v) is 16.1. The van der Waals surface area contributed by atoms with Crippen molar-refractivity contribution in [3.63, 3.8) is 0 Å². The molecular weight excluding hydrogens is 312 g/mol. The summed E-state index contributed by atoms with van der Waals surface area (Å²) in [5.74, 6) is 0.0225. The number of hydrogen-bond donors (Lipinski definition) is 2. The summed E-state index contributed by atoms with van der Waals surface area (Å²) >= 11 is 0. The molecule has 2 aromatic rings. The third kappa shape index (κ3) is 4.92. The van der Waals surface area contributed by atoms with Crippen LogP contribution in [0.2, 0.25) is 0 Å². The minimum absolute atomic E-state index is 0.0165. The van der Waals surface area contributed by atoms with Crippen molar-refractivity contribution in [3.05, 3.63) is 47.3 Å². The van der Waals surface area contributed by atoms with Crippen LogP contribution in [0.1, 0.15) is 63.5 Å². The molecule has 0 radical (unpaired) electrons. The maximum atomic E-state index is 11.7. The molecule has 25 heavy (non-hydrogen) atoms. The van der Waals surface area contributed by atoms with Crippen LogP contribution in [0, 0.1) is 12.8 Å². The lowest BCUT2D eigenvalue weighted by molar-refractivity contribution is -0.118. The summed E-state index contributed by atoms with van der Waals surface area (Å²) in [6.45, 7) is 13.1. The average Bonchev–Trinajstić information content (AvgIpc) is 2.95. The lowest BCUT2D eigenvalue weighted by Gasteiger charge is -2.15. The predicted molar refractivity (Wildman–Crippen MR) is 103 cm³/mol. The maximum absolute atomic E-state index is 11.7. The first-order valence-electron chi connectivity index (χ1n) is 8.96. The number of carbonyl (C=O) groups is 1. The Morgan fingerprint density at radius 2 is 1.76 bits per heavy atom. The number of aromatic nitrogens is 2. The molecule has 1 aromatic heterocycles. The Labute approximate surface area is 150 Å². The van der Waals surface area contributed by atoms with Gasteiger partial charge < -0.3 is 10.6 Å². The highest BCUT2D eigenvalue weighted by atomic mass is 16.1. The number of nitrogens with one attached hydrogen (secondary N) is 2. The minimum atomic E-state index is -0.0165. The van der Waals surface area contributed by atoms with Crippen LogP contribution in [0.4, 0.5) is 5.69 Å². The Bertz CT molecular complexity index is 701. The predicted octanol–water partition coefficient (Wildman–Crippen LogP) is 4.22. The second-order valence-corrected chi connectivity index (χ2v) is 7.17. The topological polar surface area (TPSA) is 58.9 Å².